The number of ether oxygens (including phenoxy) is 16. The molecule has 0 aromatic rings. The average Bonchev–Trinajstić information content (AvgIpc) is 3.13. The van der Waals surface area contributed by atoms with Crippen LogP contribution in [0, 0.1) is 0 Å². The van der Waals surface area contributed by atoms with Gasteiger partial charge in [0, 0.05) is 7.11 Å². The minimum absolute atomic E-state index is 0.238. The smallest absolute Gasteiger partial charge is 0.329 e. The van der Waals surface area contributed by atoms with E-state index in [1.807, 2.05) is 0 Å². The van der Waals surface area contributed by atoms with Gasteiger partial charge in [-0.25, -0.2) is 4.79 Å². The molecule has 0 aliphatic carbocycles. The van der Waals surface area contributed by atoms with Crippen molar-refractivity contribution in [1.29, 1.82) is 0 Å². The number of methoxy groups -OCH3 is 1. The zero-order chi connectivity index (χ0) is 36.8. The van der Waals surface area contributed by atoms with Crippen LogP contribution in [0.4, 0.5) is 0 Å². The summed E-state index contributed by atoms with van der Waals surface area (Å²) >= 11 is 0. The predicted octanol–water partition coefficient (Wildman–Crippen LogP) is -0.0336. The minimum atomic E-state index is -0.998. The molecule has 18 nitrogen and oxygen atoms in total. The summed E-state index contributed by atoms with van der Waals surface area (Å²) in [7, 11) is 1.64. The van der Waals surface area contributed by atoms with E-state index in [0.717, 1.165) is 0 Å². The highest BCUT2D eigenvalue weighted by Gasteiger charge is 1.98. The molecular weight excluding hydrogens is 684 g/mol. The first kappa shape index (κ1) is 49.8. The van der Waals surface area contributed by atoms with Crippen LogP contribution in [0.3, 0.4) is 0 Å². The van der Waals surface area contributed by atoms with Crippen LogP contribution in [0.5, 0.6) is 0 Å². The lowest BCUT2D eigenvalue weighted by Gasteiger charge is -2.09. The molecule has 0 aromatic heterocycles. The Morgan fingerprint density at radius 2 is 0.412 bits per heavy atom. The van der Waals surface area contributed by atoms with E-state index < -0.39 is 5.97 Å². The molecule has 0 spiro atoms. The Balaban J connectivity index is 3.05. The van der Waals surface area contributed by atoms with Crippen LogP contribution >= 0.6 is 0 Å². The molecule has 0 fully saturated rings. The molecule has 0 amide bonds. The number of carboxylic acids is 1. The third-order valence-electron chi connectivity index (χ3n) is 5.87. The SMILES string of the molecule is COCCOCCOCCOCCOCCOCCOCCOCCOCCOCCOCCOCCOCCOCCOCCOCC(=O)O. The second-order valence-corrected chi connectivity index (χ2v) is 10.0. The summed E-state index contributed by atoms with van der Waals surface area (Å²) in [5, 5.41) is 8.43. The minimum Gasteiger partial charge on any atom is -0.480 e. The molecule has 0 radical (unpaired) electrons. The lowest BCUT2D eigenvalue weighted by molar-refractivity contribution is -0.142. The van der Waals surface area contributed by atoms with Crippen molar-refractivity contribution < 1.29 is 85.7 Å². The molecule has 0 aliphatic rings. The lowest BCUT2D eigenvalue weighted by Crippen LogP contribution is -2.16. The van der Waals surface area contributed by atoms with Gasteiger partial charge in [0.2, 0.25) is 0 Å². The third kappa shape index (κ3) is 48.8. The molecule has 0 aliphatic heterocycles. The van der Waals surface area contributed by atoms with Gasteiger partial charge in [-0.2, -0.15) is 0 Å². The van der Waals surface area contributed by atoms with E-state index in [4.69, 9.17) is 80.9 Å². The number of carbonyl (C=O) groups is 1. The second-order valence-electron chi connectivity index (χ2n) is 10.0. The Hall–Kier alpha value is -1.17. The highest BCUT2D eigenvalue weighted by Crippen LogP contribution is 1.88. The highest BCUT2D eigenvalue weighted by molar-refractivity contribution is 5.67. The number of hydrogen-bond donors (Lipinski definition) is 1. The first-order valence-electron chi connectivity index (χ1n) is 17.6. The first-order valence-corrected chi connectivity index (χ1v) is 17.6. The van der Waals surface area contributed by atoms with E-state index >= 15 is 0 Å². The van der Waals surface area contributed by atoms with Crippen molar-refractivity contribution in [3.63, 3.8) is 0 Å². The van der Waals surface area contributed by atoms with Gasteiger partial charge >= 0.3 is 5.97 Å². The van der Waals surface area contributed by atoms with Crippen LogP contribution in [-0.4, -0.2) is 223 Å². The van der Waals surface area contributed by atoms with Gasteiger partial charge in [-0.15, -0.1) is 0 Å². The number of carboxylic acid groups (broad SMARTS) is 1. The lowest BCUT2D eigenvalue weighted by atomic mass is 10.6. The van der Waals surface area contributed by atoms with E-state index in [9.17, 15) is 4.79 Å². The molecule has 0 unspecified atom stereocenters. The zero-order valence-corrected chi connectivity index (χ0v) is 30.8. The summed E-state index contributed by atoms with van der Waals surface area (Å²) in [5.74, 6) is -0.998. The van der Waals surface area contributed by atoms with Gasteiger partial charge in [0.05, 0.1) is 198 Å². The van der Waals surface area contributed by atoms with Crippen LogP contribution in [0.1, 0.15) is 0 Å². The maximum Gasteiger partial charge on any atom is 0.329 e. The number of hydrogen-bond acceptors (Lipinski definition) is 17. The van der Waals surface area contributed by atoms with E-state index in [2.05, 4.69) is 0 Å². The van der Waals surface area contributed by atoms with Crippen molar-refractivity contribution in [2.24, 2.45) is 0 Å². The highest BCUT2D eigenvalue weighted by atomic mass is 16.6. The first-order chi connectivity index (χ1) is 25.3. The summed E-state index contributed by atoms with van der Waals surface area (Å²) in [6.45, 7) is 14.2. The van der Waals surface area contributed by atoms with Gasteiger partial charge in [0.25, 0.3) is 0 Å². The summed E-state index contributed by atoms with van der Waals surface area (Å²) in [6, 6.07) is 0. The monoisotopic (exact) mass is 750 g/mol. The fraction of sp³-hybridized carbons (Fsp3) is 0.970. The summed E-state index contributed by atoms with van der Waals surface area (Å²) < 4.78 is 85.6. The normalized spacial score (nSPS) is 11.5. The fourth-order valence-electron chi connectivity index (χ4n) is 3.38. The summed E-state index contributed by atoms with van der Waals surface area (Å²) in [5.41, 5.74) is 0. The van der Waals surface area contributed by atoms with Crippen molar-refractivity contribution in [3.05, 3.63) is 0 Å². The van der Waals surface area contributed by atoms with Crippen LogP contribution in [0.25, 0.3) is 0 Å². The molecule has 0 heterocycles. The molecule has 0 saturated heterocycles. The molecule has 18 heteroatoms. The van der Waals surface area contributed by atoms with Crippen LogP contribution in [0.2, 0.25) is 0 Å². The van der Waals surface area contributed by atoms with Crippen molar-refractivity contribution >= 4 is 5.97 Å². The summed E-state index contributed by atoms with van der Waals surface area (Å²) in [4.78, 5) is 10.3. The molecule has 0 rings (SSSR count). The van der Waals surface area contributed by atoms with Crippen molar-refractivity contribution in [1.82, 2.24) is 0 Å². The molecule has 1 N–H and O–H groups in total. The standard InChI is InChI=1S/C33H66O18/c1-36-2-3-37-4-5-38-6-7-39-8-9-40-10-11-41-12-13-42-14-15-43-16-17-44-18-19-45-20-21-46-22-23-47-24-25-48-26-27-49-28-29-50-30-31-51-32-33(34)35/h2-32H2,1H3,(H,34,35). The van der Waals surface area contributed by atoms with E-state index in [0.29, 0.717) is 192 Å². The van der Waals surface area contributed by atoms with E-state index in [-0.39, 0.29) is 13.2 Å². The zero-order valence-electron chi connectivity index (χ0n) is 30.8. The Labute approximate surface area is 303 Å². The molecule has 0 aromatic carbocycles. The largest absolute Gasteiger partial charge is 0.480 e. The van der Waals surface area contributed by atoms with Gasteiger partial charge in [0.1, 0.15) is 6.61 Å². The summed E-state index contributed by atoms with van der Waals surface area (Å²) in [6.07, 6.45) is 0. The van der Waals surface area contributed by atoms with Crippen LogP contribution in [-0.2, 0) is 80.6 Å². The van der Waals surface area contributed by atoms with Crippen LogP contribution < -0.4 is 0 Å². The second kappa shape index (κ2) is 46.9. The van der Waals surface area contributed by atoms with Gasteiger partial charge in [-0.05, 0) is 0 Å². The average molecular weight is 751 g/mol. The van der Waals surface area contributed by atoms with Crippen LogP contribution in [0.15, 0.2) is 0 Å². The topological polar surface area (TPSA) is 185 Å². The number of aliphatic carboxylic acids is 1. The molecule has 306 valence electrons. The van der Waals surface area contributed by atoms with Crippen molar-refractivity contribution in [2.45, 2.75) is 0 Å². The quantitative estimate of drug-likeness (QED) is 0.0817. The fourth-order valence-corrected chi connectivity index (χ4v) is 3.38. The predicted molar refractivity (Wildman–Crippen MR) is 182 cm³/mol. The molecule has 51 heavy (non-hydrogen) atoms. The maximum atomic E-state index is 10.3. The van der Waals surface area contributed by atoms with E-state index in [1.54, 1.807) is 7.11 Å². The molecule has 0 bridgehead atoms. The van der Waals surface area contributed by atoms with Gasteiger partial charge in [0.15, 0.2) is 0 Å². The van der Waals surface area contributed by atoms with Gasteiger partial charge in [-0.3, -0.25) is 0 Å². The van der Waals surface area contributed by atoms with Crippen molar-refractivity contribution in [3.8, 4) is 0 Å². The third-order valence-corrected chi connectivity index (χ3v) is 5.87. The van der Waals surface area contributed by atoms with E-state index in [1.165, 1.54) is 0 Å². The van der Waals surface area contributed by atoms with Gasteiger partial charge < -0.3 is 80.9 Å². The Morgan fingerprint density at radius 1 is 0.275 bits per heavy atom. The van der Waals surface area contributed by atoms with Gasteiger partial charge in [-0.1, -0.05) is 0 Å². The number of rotatable bonds is 47. The molecular formula is C33H66O18. The Kier molecular flexibility index (Phi) is 45.8. The Morgan fingerprint density at radius 3 is 0.549 bits per heavy atom. The maximum absolute atomic E-state index is 10.3. The molecule has 0 atom stereocenters. The molecule has 0 saturated carbocycles. The Bertz CT molecular complexity index is 651. The van der Waals surface area contributed by atoms with Crippen molar-refractivity contribution in [2.75, 3.05) is 212 Å².